The maximum Gasteiger partial charge on any atom is 0.267 e. The van der Waals surface area contributed by atoms with Gasteiger partial charge in [-0.1, -0.05) is 12.1 Å². The number of hydrogen-bond acceptors (Lipinski definition) is 6. The maximum atomic E-state index is 12.8. The topological polar surface area (TPSA) is 75.5 Å². The van der Waals surface area contributed by atoms with E-state index in [1.54, 1.807) is 22.1 Å². The molecule has 2 aliphatic heterocycles. The Labute approximate surface area is 169 Å². The van der Waals surface area contributed by atoms with Crippen LogP contribution in [-0.4, -0.2) is 79.0 Å². The van der Waals surface area contributed by atoms with Crippen molar-refractivity contribution in [3.8, 4) is 11.5 Å². The average Bonchev–Trinajstić information content (AvgIpc) is 3.25. The minimum Gasteiger partial charge on any atom is -0.485 e. The fourth-order valence-corrected chi connectivity index (χ4v) is 3.58. The second kappa shape index (κ2) is 8.57. The average molecular weight is 399 g/mol. The maximum absolute atomic E-state index is 12.8. The first-order valence-electron chi connectivity index (χ1n) is 9.76. The third-order valence-electron chi connectivity index (χ3n) is 5.14. The summed E-state index contributed by atoms with van der Waals surface area (Å²) in [7, 11) is 1.89. The smallest absolute Gasteiger partial charge is 0.267 e. The number of likely N-dealkylation sites (N-methyl/N-ethyl adjacent to an activating group) is 1. The van der Waals surface area contributed by atoms with Crippen molar-refractivity contribution in [3.05, 3.63) is 48.4 Å². The van der Waals surface area contributed by atoms with Crippen LogP contribution in [0.25, 0.3) is 0 Å². The summed E-state index contributed by atoms with van der Waals surface area (Å²) in [5, 5.41) is 0. The Kier molecular flexibility index (Phi) is 5.71. The summed E-state index contributed by atoms with van der Waals surface area (Å²) in [6, 6.07) is 11.1. The van der Waals surface area contributed by atoms with E-state index in [9.17, 15) is 9.59 Å². The molecule has 1 saturated heterocycles. The van der Waals surface area contributed by atoms with E-state index in [-0.39, 0.29) is 18.4 Å². The molecule has 8 heteroatoms. The Balaban J connectivity index is 1.25. The molecule has 1 aromatic carbocycles. The molecule has 0 spiro atoms. The molecule has 0 aliphatic carbocycles. The largest absolute Gasteiger partial charge is 0.485 e. The molecule has 4 rings (SSSR count). The minimum atomic E-state index is -0.647. The summed E-state index contributed by atoms with van der Waals surface area (Å²) in [6.45, 7) is 3.11. The molecular formula is C21H25N3O5. The molecule has 1 unspecified atom stereocenters. The number of piperazine rings is 1. The molecule has 2 aromatic rings. The monoisotopic (exact) mass is 399 g/mol. The van der Waals surface area contributed by atoms with E-state index < -0.39 is 6.10 Å². The number of fused-ring (bicyclic) bond motifs is 1. The highest BCUT2D eigenvalue weighted by Gasteiger charge is 2.33. The van der Waals surface area contributed by atoms with Crippen LogP contribution in [0.3, 0.4) is 0 Å². The van der Waals surface area contributed by atoms with Crippen LogP contribution >= 0.6 is 0 Å². The first-order chi connectivity index (χ1) is 14.1. The predicted octanol–water partition coefficient (Wildman–Crippen LogP) is 1.22. The molecule has 0 N–H and O–H groups in total. The minimum absolute atomic E-state index is 0.0531. The highest BCUT2D eigenvalue weighted by molar-refractivity contribution is 5.83. The van der Waals surface area contributed by atoms with E-state index in [0.29, 0.717) is 50.8 Å². The third-order valence-corrected chi connectivity index (χ3v) is 5.14. The van der Waals surface area contributed by atoms with Crippen LogP contribution in [0.5, 0.6) is 11.5 Å². The van der Waals surface area contributed by atoms with Gasteiger partial charge in [0, 0.05) is 26.2 Å². The van der Waals surface area contributed by atoms with E-state index in [1.165, 1.54) is 0 Å². The van der Waals surface area contributed by atoms with Crippen molar-refractivity contribution < 1.29 is 23.5 Å². The summed E-state index contributed by atoms with van der Waals surface area (Å²) < 4.78 is 16.8. The van der Waals surface area contributed by atoms with Gasteiger partial charge in [0.1, 0.15) is 12.4 Å². The van der Waals surface area contributed by atoms with Gasteiger partial charge in [-0.2, -0.15) is 0 Å². The van der Waals surface area contributed by atoms with E-state index in [2.05, 4.69) is 0 Å². The standard InChI is InChI=1S/C21H25N3O5/c1-22(13-16-5-4-12-27-16)14-20(25)23-8-10-24(11-9-23)21(26)19-15-28-17-6-2-3-7-18(17)29-19/h2-7,12,19H,8-11,13-15H2,1H3. The molecule has 2 amide bonds. The first kappa shape index (κ1) is 19.3. The molecule has 8 nitrogen and oxygen atoms in total. The van der Waals surface area contributed by atoms with Crippen molar-refractivity contribution in [1.29, 1.82) is 0 Å². The summed E-state index contributed by atoms with van der Waals surface area (Å²) in [5.41, 5.74) is 0. The van der Waals surface area contributed by atoms with Crippen molar-refractivity contribution in [2.45, 2.75) is 12.6 Å². The normalized spacial score (nSPS) is 18.8. The lowest BCUT2D eigenvalue weighted by atomic mass is 10.2. The summed E-state index contributed by atoms with van der Waals surface area (Å²) in [5.74, 6) is 2.03. The number of para-hydroxylation sites is 2. The van der Waals surface area contributed by atoms with Crippen LogP contribution in [-0.2, 0) is 16.1 Å². The molecule has 154 valence electrons. The van der Waals surface area contributed by atoms with Crippen LogP contribution in [0.1, 0.15) is 5.76 Å². The Morgan fingerprint density at radius 2 is 1.76 bits per heavy atom. The fraction of sp³-hybridized carbons (Fsp3) is 0.429. The number of amides is 2. The molecule has 1 fully saturated rings. The zero-order chi connectivity index (χ0) is 20.2. The van der Waals surface area contributed by atoms with Gasteiger partial charge in [-0.15, -0.1) is 0 Å². The molecule has 1 atom stereocenters. The molecule has 2 aliphatic rings. The number of furan rings is 1. The molecule has 3 heterocycles. The quantitative estimate of drug-likeness (QED) is 0.753. The molecular weight excluding hydrogens is 374 g/mol. The number of rotatable bonds is 5. The Hall–Kier alpha value is -3.00. The number of benzene rings is 1. The second-order valence-corrected chi connectivity index (χ2v) is 7.32. The lowest BCUT2D eigenvalue weighted by molar-refractivity contribution is -0.146. The van der Waals surface area contributed by atoms with Gasteiger partial charge < -0.3 is 23.7 Å². The molecule has 0 bridgehead atoms. The third kappa shape index (κ3) is 4.54. The van der Waals surface area contributed by atoms with Crippen LogP contribution in [0, 0.1) is 0 Å². The number of hydrogen-bond donors (Lipinski definition) is 0. The van der Waals surface area contributed by atoms with Crippen LogP contribution < -0.4 is 9.47 Å². The highest BCUT2D eigenvalue weighted by Crippen LogP contribution is 2.31. The van der Waals surface area contributed by atoms with Crippen LogP contribution in [0.2, 0.25) is 0 Å². The Morgan fingerprint density at radius 1 is 1.03 bits per heavy atom. The predicted molar refractivity (Wildman–Crippen MR) is 105 cm³/mol. The number of carbonyl (C=O) groups is 2. The van der Waals surface area contributed by atoms with E-state index in [0.717, 1.165) is 5.76 Å². The lowest BCUT2D eigenvalue weighted by Crippen LogP contribution is -2.56. The van der Waals surface area contributed by atoms with Gasteiger partial charge in [0.25, 0.3) is 5.91 Å². The van der Waals surface area contributed by atoms with Gasteiger partial charge in [-0.25, -0.2) is 0 Å². The van der Waals surface area contributed by atoms with Gasteiger partial charge in [0.15, 0.2) is 11.5 Å². The second-order valence-electron chi connectivity index (χ2n) is 7.32. The van der Waals surface area contributed by atoms with Crippen molar-refractivity contribution in [2.75, 3.05) is 46.4 Å². The highest BCUT2D eigenvalue weighted by atomic mass is 16.6. The molecule has 1 aromatic heterocycles. The molecule has 0 saturated carbocycles. The van der Waals surface area contributed by atoms with Crippen molar-refractivity contribution in [2.24, 2.45) is 0 Å². The number of ether oxygens (including phenoxy) is 2. The molecule has 29 heavy (non-hydrogen) atoms. The summed E-state index contributed by atoms with van der Waals surface area (Å²) in [6.07, 6.45) is 0.979. The van der Waals surface area contributed by atoms with Crippen LogP contribution in [0.15, 0.2) is 47.1 Å². The number of carbonyl (C=O) groups excluding carboxylic acids is 2. The fourth-order valence-electron chi connectivity index (χ4n) is 3.58. The van der Waals surface area contributed by atoms with E-state index in [1.807, 2.05) is 42.3 Å². The van der Waals surface area contributed by atoms with Crippen molar-refractivity contribution >= 4 is 11.8 Å². The lowest BCUT2D eigenvalue weighted by Gasteiger charge is -2.37. The number of nitrogens with zero attached hydrogens (tertiary/aromatic N) is 3. The van der Waals surface area contributed by atoms with Gasteiger partial charge in [-0.05, 0) is 31.3 Å². The van der Waals surface area contributed by atoms with E-state index >= 15 is 0 Å². The molecule has 0 radical (unpaired) electrons. The zero-order valence-electron chi connectivity index (χ0n) is 16.5. The first-order valence-corrected chi connectivity index (χ1v) is 9.76. The van der Waals surface area contributed by atoms with Gasteiger partial charge >= 0.3 is 0 Å². The van der Waals surface area contributed by atoms with Gasteiger partial charge in [0.2, 0.25) is 12.0 Å². The Morgan fingerprint density at radius 3 is 2.48 bits per heavy atom. The SMILES string of the molecule is CN(CC(=O)N1CCN(C(=O)C2COc3ccccc3O2)CC1)Cc1ccco1. The van der Waals surface area contributed by atoms with Crippen molar-refractivity contribution in [3.63, 3.8) is 0 Å². The van der Waals surface area contributed by atoms with Gasteiger partial charge in [0.05, 0.1) is 19.4 Å². The van der Waals surface area contributed by atoms with E-state index in [4.69, 9.17) is 13.9 Å². The summed E-state index contributed by atoms with van der Waals surface area (Å²) in [4.78, 5) is 30.8. The Bertz CT molecular complexity index is 846. The van der Waals surface area contributed by atoms with Crippen molar-refractivity contribution in [1.82, 2.24) is 14.7 Å². The van der Waals surface area contributed by atoms with Gasteiger partial charge in [-0.3, -0.25) is 14.5 Å². The zero-order valence-corrected chi connectivity index (χ0v) is 16.5. The summed E-state index contributed by atoms with van der Waals surface area (Å²) >= 11 is 0. The van der Waals surface area contributed by atoms with Crippen LogP contribution in [0.4, 0.5) is 0 Å².